The highest BCUT2D eigenvalue weighted by Crippen LogP contribution is 2.30. The second kappa shape index (κ2) is 6.77. The Kier molecular flexibility index (Phi) is 5.25. The fourth-order valence-corrected chi connectivity index (χ4v) is 3.69. The summed E-state index contributed by atoms with van der Waals surface area (Å²) < 4.78 is 0. The van der Waals surface area contributed by atoms with Crippen LogP contribution in [0.25, 0.3) is 0 Å². The lowest BCUT2D eigenvalue weighted by atomic mass is 9.82. The Morgan fingerprint density at radius 3 is 2.67 bits per heavy atom. The molecule has 2 saturated heterocycles. The number of carboxylic acid groups (broad SMARTS) is 1. The number of carboxylic acids is 1. The van der Waals surface area contributed by atoms with E-state index in [-0.39, 0.29) is 5.91 Å². The second-order valence-electron chi connectivity index (χ2n) is 6.83. The van der Waals surface area contributed by atoms with Crippen LogP contribution in [-0.2, 0) is 9.59 Å². The van der Waals surface area contributed by atoms with Gasteiger partial charge in [0.2, 0.25) is 5.91 Å². The molecule has 0 bridgehead atoms. The minimum atomic E-state index is -0.746. The lowest BCUT2D eigenvalue weighted by Gasteiger charge is -2.40. The number of piperidine rings is 2. The highest BCUT2D eigenvalue weighted by atomic mass is 16.4. The SMILES string of the molecule is CCC1CCCCN1C(=O)CN1CCCC(C)(C(=O)O)C1. The van der Waals surface area contributed by atoms with Gasteiger partial charge < -0.3 is 10.0 Å². The minimum absolute atomic E-state index is 0.177. The zero-order valence-corrected chi connectivity index (χ0v) is 13.3. The number of hydrogen-bond acceptors (Lipinski definition) is 3. The molecular weight excluding hydrogens is 268 g/mol. The first-order valence-electron chi connectivity index (χ1n) is 8.21. The number of nitrogens with zero attached hydrogens (tertiary/aromatic N) is 2. The molecular formula is C16H28N2O3. The van der Waals surface area contributed by atoms with Crippen molar-refractivity contribution >= 4 is 11.9 Å². The molecule has 0 spiro atoms. The van der Waals surface area contributed by atoms with Crippen molar-refractivity contribution in [2.24, 2.45) is 5.41 Å². The molecule has 2 unspecified atom stereocenters. The normalized spacial score (nSPS) is 31.1. The Morgan fingerprint density at radius 1 is 1.24 bits per heavy atom. The van der Waals surface area contributed by atoms with Crippen LogP contribution in [0.1, 0.15) is 52.4 Å². The maximum atomic E-state index is 12.6. The molecule has 5 heteroatoms. The van der Waals surface area contributed by atoms with Gasteiger partial charge in [-0.05, 0) is 52.0 Å². The van der Waals surface area contributed by atoms with Gasteiger partial charge in [0.15, 0.2) is 0 Å². The van der Waals surface area contributed by atoms with Crippen LogP contribution in [0, 0.1) is 5.41 Å². The van der Waals surface area contributed by atoms with Crippen LogP contribution in [0.4, 0.5) is 0 Å². The van der Waals surface area contributed by atoms with Crippen LogP contribution in [0.2, 0.25) is 0 Å². The number of rotatable bonds is 4. The van der Waals surface area contributed by atoms with Crippen LogP contribution in [0.5, 0.6) is 0 Å². The monoisotopic (exact) mass is 296 g/mol. The van der Waals surface area contributed by atoms with Crippen LogP contribution in [-0.4, -0.2) is 59.0 Å². The summed E-state index contributed by atoms with van der Waals surface area (Å²) in [5.74, 6) is -0.569. The van der Waals surface area contributed by atoms with Gasteiger partial charge in [-0.2, -0.15) is 0 Å². The van der Waals surface area contributed by atoms with E-state index in [0.717, 1.165) is 38.8 Å². The first-order valence-corrected chi connectivity index (χ1v) is 8.21. The zero-order valence-electron chi connectivity index (χ0n) is 13.3. The molecule has 0 aromatic rings. The third kappa shape index (κ3) is 3.76. The molecule has 1 amide bonds. The van der Waals surface area contributed by atoms with Crippen molar-refractivity contribution < 1.29 is 14.7 Å². The van der Waals surface area contributed by atoms with Crippen LogP contribution in [0.3, 0.4) is 0 Å². The van der Waals surface area contributed by atoms with Gasteiger partial charge >= 0.3 is 5.97 Å². The van der Waals surface area contributed by atoms with Gasteiger partial charge in [0.25, 0.3) is 0 Å². The van der Waals surface area contributed by atoms with Crippen molar-refractivity contribution in [2.45, 2.75) is 58.4 Å². The smallest absolute Gasteiger partial charge is 0.310 e. The molecule has 2 aliphatic rings. The fourth-order valence-electron chi connectivity index (χ4n) is 3.69. The Labute approximate surface area is 127 Å². The largest absolute Gasteiger partial charge is 0.481 e. The van der Waals surface area contributed by atoms with Gasteiger partial charge in [0.1, 0.15) is 0 Å². The third-order valence-electron chi connectivity index (χ3n) is 5.07. The van der Waals surface area contributed by atoms with E-state index in [4.69, 9.17) is 0 Å². The quantitative estimate of drug-likeness (QED) is 0.861. The number of hydrogen-bond donors (Lipinski definition) is 1. The average molecular weight is 296 g/mol. The zero-order chi connectivity index (χ0) is 15.5. The van der Waals surface area contributed by atoms with Gasteiger partial charge in [0, 0.05) is 19.1 Å². The minimum Gasteiger partial charge on any atom is -0.481 e. The Hall–Kier alpha value is -1.10. The van der Waals surface area contributed by atoms with E-state index >= 15 is 0 Å². The van der Waals surface area contributed by atoms with Crippen LogP contribution >= 0.6 is 0 Å². The van der Waals surface area contributed by atoms with Gasteiger partial charge in [-0.15, -0.1) is 0 Å². The molecule has 2 rings (SSSR count). The molecule has 120 valence electrons. The lowest BCUT2D eigenvalue weighted by molar-refractivity contribution is -0.152. The lowest BCUT2D eigenvalue weighted by Crippen LogP contribution is -2.52. The second-order valence-corrected chi connectivity index (χ2v) is 6.83. The first-order chi connectivity index (χ1) is 9.96. The molecule has 2 fully saturated rings. The Bertz CT molecular complexity index is 399. The van der Waals surface area contributed by atoms with E-state index in [1.165, 1.54) is 6.42 Å². The van der Waals surface area contributed by atoms with Gasteiger partial charge in [0.05, 0.1) is 12.0 Å². The average Bonchev–Trinajstić information content (AvgIpc) is 2.47. The number of likely N-dealkylation sites (tertiary alicyclic amines) is 2. The van der Waals surface area contributed by atoms with Crippen molar-refractivity contribution in [3.05, 3.63) is 0 Å². The standard InChI is InChI=1S/C16H28N2O3/c1-3-13-7-4-5-10-18(13)14(19)11-17-9-6-8-16(2,12-17)15(20)21/h13H,3-12H2,1-2H3,(H,20,21). The first kappa shape index (κ1) is 16.3. The molecule has 2 atom stereocenters. The van der Waals surface area contributed by atoms with Gasteiger partial charge in [-0.1, -0.05) is 6.92 Å². The maximum Gasteiger partial charge on any atom is 0.310 e. The van der Waals surface area contributed by atoms with Crippen LogP contribution in [0.15, 0.2) is 0 Å². The summed E-state index contributed by atoms with van der Waals surface area (Å²) >= 11 is 0. The number of amides is 1. The van der Waals surface area contributed by atoms with Crippen molar-refractivity contribution in [3.8, 4) is 0 Å². The summed E-state index contributed by atoms with van der Waals surface area (Å²) in [7, 11) is 0. The highest BCUT2D eigenvalue weighted by Gasteiger charge is 2.38. The molecule has 0 radical (unpaired) electrons. The Morgan fingerprint density at radius 2 is 2.00 bits per heavy atom. The molecule has 0 saturated carbocycles. The Balaban J connectivity index is 1.94. The van der Waals surface area contributed by atoms with E-state index in [2.05, 4.69) is 6.92 Å². The summed E-state index contributed by atoms with van der Waals surface area (Å²) in [5, 5.41) is 9.36. The summed E-state index contributed by atoms with van der Waals surface area (Å²) in [6.07, 6.45) is 5.98. The van der Waals surface area contributed by atoms with Gasteiger partial charge in [-0.25, -0.2) is 0 Å². The predicted molar refractivity (Wildman–Crippen MR) is 81.1 cm³/mol. The highest BCUT2D eigenvalue weighted by molar-refractivity contribution is 5.79. The van der Waals surface area contributed by atoms with E-state index in [9.17, 15) is 14.7 Å². The van der Waals surface area contributed by atoms with Gasteiger partial charge in [-0.3, -0.25) is 14.5 Å². The van der Waals surface area contributed by atoms with Crippen molar-refractivity contribution in [1.82, 2.24) is 9.80 Å². The third-order valence-corrected chi connectivity index (χ3v) is 5.07. The molecule has 2 heterocycles. The molecule has 21 heavy (non-hydrogen) atoms. The number of carbonyl (C=O) groups excluding carboxylic acids is 1. The molecule has 5 nitrogen and oxygen atoms in total. The molecule has 1 N–H and O–H groups in total. The molecule has 0 aromatic heterocycles. The molecule has 0 aliphatic carbocycles. The maximum absolute atomic E-state index is 12.6. The van der Waals surface area contributed by atoms with Crippen molar-refractivity contribution in [2.75, 3.05) is 26.2 Å². The summed E-state index contributed by atoms with van der Waals surface area (Å²) in [4.78, 5) is 28.0. The number of aliphatic carboxylic acids is 1. The topological polar surface area (TPSA) is 60.9 Å². The summed E-state index contributed by atoms with van der Waals surface area (Å²) in [6.45, 7) is 6.49. The van der Waals surface area contributed by atoms with E-state index < -0.39 is 11.4 Å². The summed E-state index contributed by atoms with van der Waals surface area (Å²) in [5.41, 5.74) is -0.704. The fraction of sp³-hybridized carbons (Fsp3) is 0.875. The van der Waals surface area contributed by atoms with Crippen molar-refractivity contribution in [3.63, 3.8) is 0 Å². The molecule has 0 aromatic carbocycles. The van der Waals surface area contributed by atoms with E-state index in [1.807, 2.05) is 9.80 Å². The molecule has 2 aliphatic heterocycles. The summed E-state index contributed by atoms with van der Waals surface area (Å²) in [6, 6.07) is 0.377. The van der Waals surface area contributed by atoms with E-state index in [1.54, 1.807) is 6.92 Å². The van der Waals surface area contributed by atoms with E-state index in [0.29, 0.717) is 25.6 Å². The van der Waals surface area contributed by atoms with Crippen LogP contribution < -0.4 is 0 Å². The number of carbonyl (C=O) groups is 2. The van der Waals surface area contributed by atoms with Crippen molar-refractivity contribution in [1.29, 1.82) is 0 Å². The predicted octanol–water partition coefficient (Wildman–Crippen LogP) is 1.96.